The van der Waals surface area contributed by atoms with Gasteiger partial charge < -0.3 is 10.6 Å². The SMILES string of the molecule is CN(C)C1CCN(Cc2ccc(CN)cc2Br)C1. The van der Waals surface area contributed by atoms with Crippen LogP contribution in [0.1, 0.15) is 17.5 Å². The first-order chi connectivity index (χ1) is 8.60. The van der Waals surface area contributed by atoms with E-state index in [4.69, 9.17) is 5.73 Å². The van der Waals surface area contributed by atoms with Gasteiger partial charge in [0.2, 0.25) is 0 Å². The highest BCUT2D eigenvalue weighted by atomic mass is 79.9. The first-order valence-corrected chi connectivity index (χ1v) is 7.25. The molecule has 2 N–H and O–H groups in total. The van der Waals surface area contributed by atoms with Crippen molar-refractivity contribution in [3.63, 3.8) is 0 Å². The van der Waals surface area contributed by atoms with Crippen molar-refractivity contribution >= 4 is 15.9 Å². The zero-order valence-corrected chi connectivity index (χ0v) is 12.8. The summed E-state index contributed by atoms with van der Waals surface area (Å²) in [6, 6.07) is 7.15. The second-order valence-corrected chi connectivity index (χ2v) is 6.13. The van der Waals surface area contributed by atoms with Crippen molar-refractivity contribution in [2.75, 3.05) is 27.2 Å². The Morgan fingerprint density at radius 2 is 2.22 bits per heavy atom. The maximum Gasteiger partial charge on any atom is 0.0245 e. The van der Waals surface area contributed by atoms with Gasteiger partial charge in [-0.3, -0.25) is 4.90 Å². The van der Waals surface area contributed by atoms with Crippen LogP contribution in [0.25, 0.3) is 0 Å². The zero-order valence-electron chi connectivity index (χ0n) is 11.2. The Morgan fingerprint density at radius 3 is 2.78 bits per heavy atom. The number of benzene rings is 1. The third-order valence-corrected chi connectivity index (χ3v) is 4.46. The molecule has 3 nitrogen and oxygen atoms in total. The Balaban J connectivity index is 1.98. The number of nitrogens with two attached hydrogens (primary N) is 1. The van der Waals surface area contributed by atoms with E-state index in [1.165, 1.54) is 28.6 Å². The molecule has 1 fully saturated rings. The molecule has 1 aromatic carbocycles. The molecule has 0 spiro atoms. The minimum absolute atomic E-state index is 0.602. The molecule has 4 heteroatoms. The van der Waals surface area contributed by atoms with Gasteiger partial charge in [0.25, 0.3) is 0 Å². The summed E-state index contributed by atoms with van der Waals surface area (Å²) in [4.78, 5) is 4.85. The van der Waals surface area contributed by atoms with Crippen LogP contribution in [0.15, 0.2) is 22.7 Å². The van der Waals surface area contributed by atoms with E-state index in [1.807, 2.05) is 0 Å². The fourth-order valence-electron chi connectivity index (χ4n) is 2.46. The summed E-state index contributed by atoms with van der Waals surface area (Å²) in [5.41, 5.74) is 8.18. The quantitative estimate of drug-likeness (QED) is 0.923. The number of hydrogen-bond donors (Lipinski definition) is 1. The predicted molar refractivity (Wildman–Crippen MR) is 79.4 cm³/mol. The molecule has 0 saturated carbocycles. The summed E-state index contributed by atoms with van der Waals surface area (Å²) < 4.78 is 1.18. The molecule has 1 heterocycles. The highest BCUT2D eigenvalue weighted by Crippen LogP contribution is 2.23. The van der Waals surface area contributed by atoms with E-state index in [0.717, 1.165) is 13.1 Å². The van der Waals surface area contributed by atoms with Crippen molar-refractivity contribution in [2.45, 2.75) is 25.6 Å². The van der Waals surface area contributed by atoms with Gasteiger partial charge in [-0.05, 0) is 37.7 Å². The van der Waals surface area contributed by atoms with E-state index in [1.54, 1.807) is 0 Å². The maximum absolute atomic E-state index is 5.65. The van der Waals surface area contributed by atoms with E-state index in [2.05, 4.69) is 58.0 Å². The third kappa shape index (κ3) is 3.32. The Bertz CT molecular complexity index is 406. The van der Waals surface area contributed by atoms with E-state index in [9.17, 15) is 0 Å². The van der Waals surface area contributed by atoms with E-state index in [-0.39, 0.29) is 0 Å². The average molecular weight is 312 g/mol. The molecule has 1 aliphatic heterocycles. The van der Waals surface area contributed by atoms with Crippen LogP contribution in [-0.4, -0.2) is 43.0 Å². The van der Waals surface area contributed by atoms with E-state index < -0.39 is 0 Å². The second-order valence-electron chi connectivity index (χ2n) is 5.27. The van der Waals surface area contributed by atoms with Gasteiger partial charge in [0.1, 0.15) is 0 Å². The molecule has 0 aromatic heterocycles. The monoisotopic (exact) mass is 311 g/mol. The lowest BCUT2D eigenvalue weighted by Gasteiger charge is -2.20. The Morgan fingerprint density at radius 1 is 1.44 bits per heavy atom. The molecule has 1 saturated heterocycles. The largest absolute Gasteiger partial charge is 0.326 e. The average Bonchev–Trinajstić information content (AvgIpc) is 2.80. The van der Waals surface area contributed by atoms with Gasteiger partial charge in [-0.15, -0.1) is 0 Å². The van der Waals surface area contributed by atoms with Crippen LogP contribution in [0, 0.1) is 0 Å². The highest BCUT2D eigenvalue weighted by molar-refractivity contribution is 9.10. The molecule has 1 atom stereocenters. The minimum atomic E-state index is 0.602. The smallest absolute Gasteiger partial charge is 0.0245 e. The van der Waals surface area contributed by atoms with Gasteiger partial charge in [-0.2, -0.15) is 0 Å². The molecule has 1 aliphatic rings. The lowest BCUT2D eigenvalue weighted by atomic mass is 10.1. The van der Waals surface area contributed by atoms with Crippen LogP contribution in [0.3, 0.4) is 0 Å². The van der Waals surface area contributed by atoms with Gasteiger partial charge >= 0.3 is 0 Å². The Hall–Kier alpha value is -0.420. The Kier molecular flexibility index (Phi) is 4.78. The lowest BCUT2D eigenvalue weighted by Crippen LogP contribution is -2.31. The van der Waals surface area contributed by atoms with Gasteiger partial charge in [0.15, 0.2) is 0 Å². The first-order valence-electron chi connectivity index (χ1n) is 6.46. The second kappa shape index (κ2) is 6.15. The number of nitrogens with zero attached hydrogens (tertiary/aromatic N) is 2. The van der Waals surface area contributed by atoms with Crippen molar-refractivity contribution in [2.24, 2.45) is 5.73 Å². The molecule has 100 valence electrons. The van der Waals surface area contributed by atoms with Crippen LogP contribution in [0.5, 0.6) is 0 Å². The summed E-state index contributed by atoms with van der Waals surface area (Å²) in [5, 5.41) is 0. The number of likely N-dealkylation sites (N-methyl/N-ethyl adjacent to an activating group) is 1. The van der Waals surface area contributed by atoms with Gasteiger partial charge in [0, 0.05) is 36.7 Å². The summed E-state index contributed by atoms with van der Waals surface area (Å²) in [5.74, 6) is 0. The van der Waals surface area contributed by atoms with Crippen molar-refractivity contribution in [1.82, 2.24) is 9.80 Å². The molecular weight excluding hydrogens is 290 g/mol. The highest BCUT2D eigenvalue weighted by Gasteiger charge is 2.24. The molecular formula is C14H22BrN3. The predicted octanol–water partition coefficient (Wildman–Crippen LogP) is 2.04. The Labute approximate surface area is 118 Å². The fraction of sp³-hybridized carbons (Fsp3) is 0.571. The molecule has 0 amide bonds. The van der Waals surface area contributed by atoms with Crippen LogP contribution in [-0.2, 0) is 13.1 Å². The van der Waals surface area contributed by atoms with Crippen molar-refractivity contribution in [3.05, 3.63) is 33.8 Å². The summed E-state index contributed by atoms with van der Waals surface area (Å²) in [6.45, 7) is 3.98. The van der Waals surface area contributed by atoms with Crippen LogP contribution in [0.2, 0.25) is 0 Å². The zero-order chi connectivity index (χ0) is 13.1. The van der Waals surface area contributed by atoms with Gasteiger partial charge in [0.05, 0.1) is 0 Å². The minimum Gasteiger partial charge on any atom is -0.326 e. The first kappa shape index (κ1) is 14.0. The van der Waals surface area contributed by atoms with Crippen molar-refractivity contribution in [1.29, 1.82) is 0 Å². The normalized spacial score (nSPS) is 20.8. The number of likely N-dealkylation sites (tertiary alicyclic amines) is 1. The van der Waals surface area contributed by atoms with E-state index >= 15 is 0 Å². The molecule has 0 radical (unpaired) electrons. The summed E-state index contributed by atoms with van der Waals surface area (Å²) in [6.07, 6.45) is 1.27. The maximum atomic E-state index is 5.65. The molecule has 18 heavy (non-hydrogen) atoms. The topological polar surface area (TPSA) is 32.5 Å². The van der Waals surface area contributed by atoms with Gasteiger partial charge in [-0.1, -0.05) is 28.1 Å². The molecule has 2 rings (SSSR count). The number of halogens is 1. The standard InChI is InChI=1S/C14H22BrN3/c1-17(2)13-5-6-18(10-13)9-12-4-3-11(8-16)7-14(12)15/h3-4,7,13H,5-6,8-10,16H2,1-2H3. The van der Waals surface area contributed by atoms with Crippen molar-refractivity contribution in [3.8, 4) is 0 Å². The van der Waals surface area contributed by atoms with Crippen molar-refractivity contribution < 1.29 is 0 Å². The number of rotatable bonds is 4. The summed E-state index contributed by atoms with van der Waals surface area (Å²) in [7, 11) is 4.33. The third-order valence-electron chi connectivity index (χ3n) is 3.72. The van der Waals surface area contributed by atoms with E-state index in [0.29, 0.717) is 12.6 Å². The number of hydrogen-bond acceptors (Lipinski definition) is 3. The molecule has 0 aliphatic carbocycles. The lowest BCUT2D eigenvalue weighted by molar-refractivity contribution is 0.264. The molecule has 1 unspecified atom stereocenters. The summed E-state index contributed by atoms with van der Waals surface area (Å²) >= 11 is 3.65. The van der Waals surface area contributed by atoms with Crippen LogP contribution in [0.4, 0.5) is 0 Å². The van der Waals surface area contributed by atoms with Gasteiger partial charge in [-0.25, -0.2) is 0 Å². The molecule has 0 bridgehead atoms. The van der Waals surface area contributed by atoms with Crippen LogP contribution >= 0.6 is 15.9 Å². The van der Waals surface area contributed by atoms with Crippen LogP contribution < -0.4 is 5.73 Å². The molecule has 1 aromatic rings. The fourth-order valence-corrected chi connectivity index (χ4v) is 3.02.